The third kappa shape index (κ3) is 58.4. The molecular weight excluding hydrogens is 1140 g/mol. The number of phosphoric ester groups is 2. The zero-order valence-electron chi connectivity index (χ0n) is 55.8. The summed E-state index contributed by atoms with van der Waals surface area (Å²) in [4.78, 5) is 72.4. The molecule has 0 aliphatic carbocycles. The van der Waals surface area contributed by atoms with Crippen LogP contribution >= 0.6 is 15.6 Å². The Bertz CT molecular complexity index is 1700. The molecule has 19 heteroatoms. The fourth-order valence-corrected chi connectivity index (χ4v) is 11.5. The number of phosphoric acid groups is 2. The Hall–Kier alpha value is -1.94. The molecule has 4 unspecified atom stereocenters. The predicted octanol–water partition coefficient (Wildman–Crippen LogP) is 18.7. The molecule has 0 aliphatic heterocycles. The largest absolute Gasteiger partial charge is 0.472 e. The van der Waals surface area contributed by atoms with Crippen LogP contribution in [0.25, 0.3) is 0 Å². The minimum atomic E-state index is -4.95. The van der Waals surface area contributed by atoms with Crippen LogP contribution in [0.15, 0.2) is 0 Å². The van der Waals surface area contributed by atoms with Gasteiger partial charge in [0, 0.05) is 25.7 Å². The van der Waals surface area contributed by atoms with Crippen molar-refractivity contribution in [1.82, 2.24) is 0 Å². The molecule has 0 saturated carbocycles. The van der Waals surface area contributed by atoms with Gasteiger partial charge in [-0.2, -0.15) is 0 Å². The van der Waals surface area contributed by atoms with E-state index in [0.29, 0.717) is 31.6 Å². The van der Waals surface area contributed by atoms with Crippen LogP contribution in [-0.4, -0.2) is 96.7 Å². The van der Waals surface area contributed by atoms with Gasteiger partial charge in [0.25, 0.3) is 0 Å². The molecule has 0 fully saturated rings. The summed E-state index contributed by atoms with van der Waals surface area (Å²) in [5.74, 6) is 0.120. The van der Waals surface area contributed by atoms with E-state index < -0.39 is 97.5 Å². The van der Waals surface area contributed by atoms with E-state index in [1.54, 1.807) is 0 Å². The topological polar surface area (TPSA) is 237 Å². The molecule has 0 rings (SSSR count). The van der Waals surface area contributed by atoms with Crippen molar-refractivity contribution in [3.05, 3.63) is 0 Å². The maximum atomic E-state index is 13.0. The smallest absolute Gasteiger partial charge is 0.462 e. The van der Waals surface area contributed by atoms with Crippen molar-refractivity contribution >= 4 is 39.5 Å². The number of aliphatic hydroxyl groups excluding tert-OH is 1. The van der Waals surface area contributed by atoms with Gasteiger partial charge in [-0.1, -0.05) is 280 Å². The second-order valence-corrected chi connectivity index (χ2v) is 28.1. The highest BCUT2D eigenvalue weighted by Crippen LogP contribution is 2.45. The Morgan fingerprint density at radius 1 is 0.337 bits per heavy atom. The van der Waals surface area contributed by atoms with Gasteiger partial charge in [-0.3, -0.25) is 37.3 Å². The van der Waals surface area contributed by atoms with Crippen LogP contribution in [0.4, 0.5) is 0 Å². The molecule has 0 heterocycles. The Kier molecular flexibility index (Phi) is 56.9. The highest BCUT2D eigenvalue weighted by molar-refractivity contribution is 7.47. The maximum absolute atomic E-state index is 13.0. The Morgan fingerprint density at radius 2 is 0.593 bits per heavy atom. The predicted molar refractivity (Wildman–Crippen MR) is 344 cm³/mol. The van der Waals surface area contributed by atoms with E-state index in [1.165, 1.54) is 135 Å². The fourth-order valence-electron chi connectivity index (χ4n) is 9.95. The van der Waals surface area contributed by atoms with Crippen LogP contribution in [0, 0.1) is 17.8 Å². The first-order valence-electron chi connectivity index (χ1n) is 34.9. The molecule has 0 aromatic rings. The van der Waals surface area contributed by atoms with Gasteiger partial charge in [0.15, 0.2) is 12.2 Å². The summed E-state index contributed by atoms with van der Waals surface area (Å²) >= 11 is 0. The number of hydrogen-bond acceptors (Lipinski definition) is 15. The standard InChI is InChI=1S/C67H130O17P2/c1-8-11-12-13-14-15-16-17-18-28-36-43-50-66(71)83-63(55-78-65(70)49-42-35-30-23-24-31-38-45-58(4)5)57-82-86(75,76)80-53-61(68)52-79-85(73,74)81-56-62(84-67(72)51-44-37-29-22-20-26-33-40-47-60(7)10-3)54-77-64(69)48-41-34-27-21-19-25-32-39-46-59(6)9-2/h58-63,68H,8-57H2,1-7H3,(H,73,74)(H,75,76)/t59?,60?,61-,62-,63-/m1/s1. The van der Waals surface area contributed by atoms with Crippen molar-refractivity contribution in [1.29, 1.82) is 0 Å². The maximum Gasteiger partial charge on any atom is 0.472 e. The van der Waals surface area contributed by atoms with Gasteiger partial charge in [0.1, 0.15) is 19.3 Å². The van der Waals surface area contributed by atoms with Gasteiger partial charge >= 0.3 is 39.5 Å². The van der Waals surface area contributed by atoms with E-state index in [2.05, 4.69) is 48.5 Å². The zero-order chi connectivity index (χ0) is 63.8. The van der Waals surface area contributed by atoms with Gasteiger partial charge in [0.05, 0.1) is 26.4 Å². The number of ether oxygens (including phenoxy) is 4. The van der Waals surface area contributed by atoms with Gasteiger partial charge in [-0.15, -0.1) is 0 Å². The normalized spacial score (nSPS) is 14.9. The van der Waals surface area contributed by atoms with Gasteiger partial charge in [-0.25, -0.2) is 9.13 Å². The lowest BCUT2D eigenvalue weighted by molar-refractivity contribution is -0.161. The van der Waals surface area contributed by atoms with Gasteiger partial charge < -0.3 is 33.8 Å². The van der Waals surface area contributed by atoms with E-state index in [4.69, 9.17) is 37.0 Å². The van der Waals surface area contributed by atoms with Crippen LogP contribution in [0.3, 0.4) is 0 Å². The lowest BCUT2D eigenvalue weighted by Crippen LogP contribution is -2.30. The van der Waals surface area contributed by atoms with Gasteiger partial charge in [-0.05, 0) is 43.4 Å². The van der Waals surface area contributed by atoms with E-state index in [1.807, 2.05) is 0 Å². The number of carbonyl (C=O) groups is 4. The summed E-state index contributed by atoms with van der Waals surface area (Å²) in [6, 6.07) is 0. The molecule has 0 radical (unpaired) electrons. The SMILES string of the molecule is CCCCCCCCCCCCCCC(=O)O[C@H](COC(=O)CCCCCCCCCC(C)C)COP(=O)(O)OC[C@H](O)COP(=O)(O)OC[C@@H](COC(=O)CCCCCCCCCCC(C)CC)OC(=O)CCCCCCCCCCC(C)CC. The number of hydrogen-bond donors (Lipinski definition) is 3. The summed E-state index contributed by atoms with van der Waals surface area (Å²) in [5.41, 5.74) is 0. The van der Waals surface area contributed by atoms with Crippen LogP contribution in [0.1, 0.15) is 331 Å². The van der Waals surface area contributed by atoms with Gasteiger partial charge in [0.2, 0.25) is 0 Å². The van der Waals surface area contributed by atoms with Crippen LogP contribution in [0.2, 0.25) is 0 Å². The molecule has 3 N–H and O–H groups in total. The molecule has 510 valence electrons. The number of rotatable bonds is 65. The third-order valence-corrected chi connectivity index (χ3v) is 18.0. The van der Waals surface area contributed by atoms with Crippen LogP contribution in [-0.2, 0) is 65.4 Å². The van der Waals surface area contributed by atoms with Crippen molar-refractivity contribution in [3.63, 3.8) is 0 Å². The Morgan fingerprint density at radius 3 is 0.884 bits per heavy atom. The molecule has 7 atom stereocenters. The first kappa shape index (κ1) is 84.1. The second-order valence-electron chi connectivity index (χ2n) is 25.2. The average Bonchev–Trinajstić information content (AvgIpc) is 3.60. The molecule has 0 bridgehead atoms. The first-order chi connectivity index (χ1) is 41.3. The Labute approximate surface area is 524 Å². The Balaban J connectivity index is 5.27. The van der Waals surface area contributed by atoms with Crippen LogP contribution < -0.4 is 0 Å². The summed E-state index contributed by atoms with van der Waals surface area (Å²) < 4.78 is 68.1. The number of esters is 4. The van der Waals surface area contributed by atoms with E-state index >= 15 is 0 Å². The van der Waals surface area contributed by atoms with E-state index in [0.717, 1.165) is 108 Å². The molecular formula is C67H130O17P2. The monoisotopic (exact) mass is 1270 g/mol. The molecule has 0 amide bonds. The van der Waals surface area contributed by atoms with Crippen molar-refractivity contribution in [2.75, 3.05) is 39.6 Å². The lowest BCUT2D eigenvalue weighted by atomic mass is 9.99. The molecule has 0 spiro atoms. The summed E-state index contributed by atoms with van der Waals surface area (Å²) in [7, 11) is -9.90. The van der Waals surface area contributed by atoms with Crippen molar-refractivity contribution in [2.24, 2.45) is 17.8 Å². The number of carbonyl (C=O) groups excluding carboxylic acids is 4. The zero-order valence-corrected chi connectivity index (χ0v) is 57.6. The summed E-state index contributed by atoms with van der Waals surface area (Å²) in [6.45, 7) is 11.8. The molecule has 17 nitrogen and oxygen atoms in total. The van der Waals surface area contributed by atoms with Crippen molar-refractivity contribution < 1.29 is 80.2 Å². The molecule has 0 aliphatic rings. The van der Waals surface area contributed by atoms with Crippen LogP contribution in [0.5, 0.6) is 0 Å². The van der Waals surface area contributed by atoms with Crippen molar-refractivity contribution in [2.45, 2.75) is 349 Å². The highest BCUT2D eigenvalue weighted by Gasteiger charge is 2.30. The summed E-state index contributed by atoms with van der Waals surface area (Å²) in [5, 5.41) is 10.6. The quantitative estimate of drug-likeness (QED) is 0.0222. The highest BCUT2D eigenvalue weighted by atomic mass is 31.2. The first-order valence-corrected chi connectivity index (χ1v) is 37.9. The van der Waals surface area contributed by atoms with E-state index in [9.17, 15) is 43.2 Å². The lowest BCUT2D eigenvalue weighted by Gasteiger charge is -2.21. The summed E-state index contributed by atoms with van der Waals surface area (Å²) in [6.07, 6.45) is 40.2. The molecule has 0 saturated heterocycles. The van der Waals surface area contributed by atoms with E-state index in [-0.39, 0.29) is 25.7 Å². The minimum Gasteiger partial charge on any atom is -0.462 e. The second kappa shape index (κ2) is 58.2. The minimum absolute atomic E-state index is 0.104. The number of unbranched alkanes of at least 4 members (excludes halogenated alkanes) is 31. The number of aliphatic hydroxyl groups is 1. The fraction of sp³-hybridized carbons (Fsp3) is 0.940. The molecule has 0 aromatic carbocycles. The van der Waals surface area contributed by atoms with Crippen molar-refractivity contribution in [3.8, 4) is 0 Å². The molecule has 0 aromatic heterocycles. The average molecular weight is 1270 g/mol. The third-order valence-electron chi connectivity index (χ3n) is 16.1. The molecule has 86 heavy (non-hydrogen) atoms.